The summed E-state index contributed by atoms with van der Waals surface area (Å²) in [6, 6.07) is 7.81. The van der Waals surface area contributed by atoms with Gasteiger partial charge in [0, 0.05) is 24.0 Å². The quantitative estimate of drug-likeness (QED) is 0.378. The number of terminal acetylenes is 1. The highest BCUT2D eigenvalue weighted by Crippen LogP contribution is 2.34. The van der Waals surface area contributed by atoms with Crippen LogP contribution in [0.3, 0.4) is 0 Å². The van der Waals surface area contributed by atoms with Crippen LogP contribution in [0.1, 0.15) is 29.8 Å². The Labute approximate surface area is 198 Å². The lowest BCUT2D eigenvalue weighted by Crippen LogP contribution is -2.48. The van der Waals surface area contributed by atoms with Crippen LogP contribution in [-0.2, 0) is 16.0 Å². The first-order chi connectivity index (χ1) is 16.0. The Balaban J connectivity index is 1.67. The minimum absolute atomic E-state index is 0.0233. The number of halogens is 1. The number of carbonyl (C=O) groups excluding carboxylic acids is 1. The van der Waals surface area contributed by atoms with E-state index in [0.717, 1.165) is 18.4 Å². The van der Waals surface area contributed by atoms with Crippen LogP contribution in [0.2, 0.25) is 0 Å². The van der Waals surface area contributed by atoms with Gasteiger partial charge in [0.1, 0.15) is 24.8 Å². The van der Waals surface area contributed by atoms with Gasteiger partial charge in [-0.15, -0.1) is 17.8 Å². The van der Waals surface area contributed by atoms with Gasteiger partial charge in [0.25, 0.3) is 0 Å². The number of aliphatic hydroxyl groups excluding tert-OH is 1. The van der Waals surface area contributed by atoms with E-state index < -0.39 is 6.10 Å². The summed E-state index contributed by atoms with van der Waals surface area (Å²) in [7, 11) is 0. The van der Waals surface area contributed by atoms with Crippen LogP contribution in [0.25, 0.3) is 0 Å². The first-order valence-electron chi connectivity index (χ1n) is 11.2. The molecular formula is C25H31FN2O4S. The lowest BCUT2D eigenvalue weighted by molar-refractivity contribution is -0.136. The summed E-state index contributed by atoms with van der Waals surface area (Å²) in [4.78, 5) is 18.4. The van der Waals surface area contributed by atoms with E-state index in [2.05, 4.69) is 5.92 Å². The zero-order valence-corrected chi connectivity index (χ0v) is 19.7. The number of ether oxygens (including phenoxy) is 2. The van der Waals surface area contributed by atoms with Crippen LogP contribution in [-0.4, -0.2) is 72.9 Å². The molecular weight excluding hydrogens is 443 g/mol. The van der Waals surface area contributed by atoms with Gasteiger partial charge >= 0.3 is 0 Å². The van der Waals surface area contributed by atoms with Crippen LogP contribution < -0.4 is 4.74 Å². The Morgan fingerprint density at radius 1 is 1.45 bits per heavy atom. The van der Waals surface area contributed by atoms with Gasteiger partial charge in [-0.1, -0.05) is 18.9 Å². The number of benzene rings is 1. The molecule has 1 N–H and O–H groups in total. The summed E-state index contributed by atoms with van der Waals surface area (Å²) < 4.78 is 24.7. The summed E-state index contributed by atoms with van der Waals surface area (Å²) >= 11 is 1.68. The Hall–Kier alpha value is -2.44. The summed E-state index contributed by atoms with van der Waals surface area (Å²) in [5.41, 5.74) is 1.08. The van der Waals surface area contributed by atoms with E-state index in [1.54, 1.807) is 23.5 Å². The van der Waals surface area contributed by atoms with E-state index in [0.29, 0.717) is 25.4 Å². The van der Waals surface area contributed by atoms with E-state index in [1.807, 2.05) is 28.2 Å². The molecule has 1 aromatic heterocycles. The van der Waals surface area contributed by atoms with E-state index in [-0.39, 0.29) is 44.1 Å². The van der Waals surface area contributed by atoms with E-state index in [9.17, 15) is 14.3 Å². The Bertz CT molecular complexity index is 944. The van der Waals surface area contributed by atoms with Crippen molar-refractivity contribution in [1.82, 2.24) is 9.80 Å². The van der Waals surface area contributed by atoms with Gasteiger partial charge in [0.05, 0.1) is 25.3 Å². The third-order valence-electron chi connectivity index (χ3n) is 5.48. The third kappa shape index (κ3) is 7.27. The molecule has 6 nitrogen and oxygen atoms in total. The predicted molar refractivity (Wildman–Crippen MR) is 127 cm³/mol. The molecule has 0 saturated heterocycles. The molecule has 0 radical (unpaired) electrons. The number of aliphatic hydroxyl groups is 1. The average molecular weight is 475 g/mol. The van der Waals surface area contributed by atoms with Crippen LogP contribution in [0.5, 0.6) is 5.75 Å². The van der Waals surface area contributed by atoms with Gasteiger partial charge in [-0.25, -0.2) is 4.39 Å². The van der Waals surface area contributed by atoms with Gasteiger partial charge in [0.15, 0.2) is 0 Å². The van der Waals surface area contributed by atoms with E-state index >= 15 is 0 Å². The van der Waals surface area contributed by atoms with Crippen LogP contribution in [0.15, 0.2) is 35.7 Å². The van der Waals surface area contributed by atoms with Crippen LogP contribution in [0, 0.1) is 18.2 Å². The van der Waals surface area contributed by atoms with E-state index in [4.69, 9.17) is 15.9 Å². The lowest BCUT2D eigenvalue weighted by atomic mass is 10.0. The average Bonchev–Trinajstić information content (AvgIpc) is 3.27. The Morgan fingerprint density at radius 3 is 3.06 bits per heavy atom. The molecule has 1 aliphatic heterocycles. The van der Waals surface area contributed by atoms with Crippen molar-refractivity contribution in [2.24, 2.45) is 0 Å². The molecule has 0 fully saturated rings. The maximum atomic E-state index is 13.6. The largest absolute Gasteiger partial charge is 0.491 e. The molecule has 3 rings (SSSR count). The highest BCUT2D eigenvalue weighted by atomic mass is 32.1. The predicted octanol–water partition coefficient (Wildman–Crippen LogP) is 3.11. The summed E-state index contributed by atoms with van der Waals surface area (Å²) in [5, 5.41) is 12.3. The van der Waals surface area contributed by atoms with Crippen LogP contribution >= 0.6 is 11.3 Å². The fourth-order valence-corrected chi connectivity index (χ4v) is 4.97. The molecule has 1 aromatic carbocycles. The first kappa shape index (κ1) is 25.2. The number of thiophene rings is 1. The number of rotatable bonds is 12. The smallest absolute Gasteiger partial charge is 0.237 e. The molecule has 0 aliphatic carbocycles. The standard InChI is InChI=1S/C25H31FN2O4S/c1-3-10-27(15-20(29)17-31-12-4-2)16-25(30)28-11-8-24-22(9-13-33-24)23(28)18-32-21-7-5-6-19(26)14-21/h2,5-7,9,13-14,20,23,29H,3,8,10-12,15-18H2,1H3. The first-order valence-corrected chi connectivity index (χ1v) is 12.1. The lowest BCUT2D eigenvalue weighted by Gasteiger charge is -2.37. The maximum Gasteiger partial charge on any atom is 0.237 e. The number of hydrogen-bond acceptors (Lipinski definition) is 6. The summed E-state index contributed by atoms with van der Waals surface area (Å²) in [6.07, 6.45) is 6.10. The van der Waals surface area contributed by atoms with Gasteiger partial charge < -0.3 is 19.5 Å². The topological polar surface area (TPSA) is 62.2 Å². The molecule has 2 aromatic rings. The zero-order chi connectivity index (χ0) is 23.6. The number of fused-ring (bicyclic) bond motifs is 1. The van der Waals surface area contributed by atoms with Crippen molar-refractivity contribution < 1.29 is 23.8 Å². The van der Waals surface area contributed by atoms with Gasteiger partial charge in [0.2, 0.25) is 5.91 Å². The van der Waals surface area contributed by atoms with Crippen molar-refractivity contribution in [3.63, 3.8) is 0 Å². The highest BCUT2D eigenvalue weighted by molar-refractivity contribution is 7.10. The van der Waals surface area contributed by atoms with E-state index in [1.165, 1.54) is 17.0 Å². The van der Waals surface area contributed by atoms with Crippen molar-refractivity contribution in [2.75, 3.05) is 46.0 Å². The molecule has 0 saturated carbocycles. The van der Waals surface area contributed by atoms with Crippen molar-refractivity contribution in [3.05, 3.63) is 52.0 Å². The molecule has 0 spiro atoms. The molecule has 2 atom stereocenters. The molecule has 2 heterocycles. The molecule has 0 bridgehead atoms. The Morgan fingerprint density at radius 2 is 2.30 bits per heavy atom. The molecule has 1 aliphatic rings. The number of nitrogens with zero attached hydrogens (tertiary/aromatic N) is 2. The Kier molecular flexibility index (Phi) is 9.70. The monoisotopic (exact) mass is 474 g/mol. The van der Waals surface area contributed by atoms with Gasteiger partial charge in [-0.05, 0) is 48.5 Å². The highest BCUT2D eigenvalue weighted by Gasteiger charge is 2.33. The molecule has 8 heteroatoms. The van der Waals surface area contributed by atoms with Crippen molar-refractivity contribution in [2.45, 2.75) is 31.9 Å². The normalized spacial score (nSPS) is 16.3. The van der Waals surface area contributed by atoms with Crippen LogP contribution in [0.4, 0.5) is 4.39 Å². The molecule has 178 valence electrons. The van der Waals surface area contributed by atoms with Crippen molar-refractivity contribution in [3.8, 4) is 18.1 Å². The molecule has 33 heavy (non-hydrogen) atoms. The minimum atomic E-state index is -0.727. The summed E-state index contributed by atoms with van der Waals surface area (Å²) in [5.74, 6) is 2.43. The summed E-state index contributed by atoms with van der Waals surface area (Å²) in [6.45, 7) is 4.35. The fraction of sp³-hybridized carbons (Fsp3) is 0.480. The minimum Gasteiger partial charge on any atom is -0.491 e. The molecule has 1 amide bonds. The zero-order valence-electron chi connectivity index (χ0n) is 18.9. The van der Waals surface area contributed by atoms with Crippen molar-refractivity contribution >= 4 is 17.2 Å². The second kappa shape index (κ2) is 12.7. The second-order valence-electron chi connectivity index (χ2n) is 8.03. The number of hydrogen-bond donors (Lipinski definition) is 1. The fourth-order valence-electron chi connectivity index (χ4n) is 4.04. The second-order valence-corrected chi connectivity index (χ2v) is 9.03. The third-order valence-corrected chi connectivity index (χ3v) is 6.48. The SMILES string of the molecule is C#CCOCC(O)CN(CCC)CC(=O)N1CCc2sccc2C1COc1cccc(F)c1. The van der Waals surface area contributed by atoms with Gasteiger partial charge in [-0.3, -0.25) is 9.69 Å². The maximum absolute atomic E-state index is 13.6. The van der Waals surface area contributed by atoms with Gasteiger partial charge in [-0.2, -0.15) is 0 Å². The number of amides is 1. The number of carbonyl (C=O) groups is 1. The molecule has 2 unspecified atom stereocenters. The van der Waals surface area contributed by atoms with Crippen molar-refractivity contribution in [1.29, 1.82) is 0 Å².